The molecule has 7 aromatic rings. The summed E-state index contributed by atoms with van der Waals surface area (Å²) in [5.74, 6) is 3.23. The Morgan fingerprint density at radius 2 is 0.887 bits per heavy atom. The molecule has 4 fully saturated rings. The van der Waals surface area contributed by atoms with Crippen LogP contribution in [0.15, 0.2) is 164 Å². The van der Waals surface area contributed by atoms with Crippen molar-refractivity contribution in [1.29, 1.82) is 0 Å². The maximum atomic E-state index is 2.73. The molecule has 62 heavy (non-hydrogen) atoms. The number of anilines is 3. The quantitative estimate of drug-likeness (QED) is 0.168. The summed E-state index contributed by atoms with van der Waals surface area (Å²) in [5, 5.41) is 0. The zero-order valence-corrected chi connectivity index (χ0v) is 36.8. The van der Waals surface area contributed by atoms with Crippen LogP contribution in [-0.4, -0.2) is 0 Å². The third-order valence-corrected chi connectivity index (χ3v) is 17.6. The van der Waals surface area contributed by atoms with Crippen LogP contribution in [0.5, 0.6) is 0 Å². The Morgan fingerprint density at radius 1 is 0.403 bits per heavy atom. The highest BCUT2D eigenvalue weighted by Gasteiger charge is 2.62. The highest BCUT2D eigenvalue weighted by Crippen LogP contribution is 2.71. The van der Waals surface area contributed by atoms with Crippen molar-refractivity contribution in [3.8, 4) is 22.3 Å². The maximum Gasteiger partial charge on any atom is 0.0714 e. The fourth-order valence-electron chi connectivity index (χ4n) is 15.2. The molecule has 7 aromatic carbocycles. The molecule has 7 aliphatic rings. The Labute approximate surface area is 368 Å². The Bertz CT molecular complexity index is 2860. The van der Waals surface area contributed by atoms with Crippen molar-refractivity contribution >= 4 is 17.1 Å². The number of benzene rings is 7. The SMILES string of the molecule is CC1(C)CCC(C)(C)c2cc(N(c3cccc4c3-c3ccccc3C4(c3ccccc3)c3ccccc3)c3cccc4c3-c3ccccc3C43C4CC5CC(C4)CC3C5)ccc21. The average molecular weight is 804 g/mol. The van der Waals surface area contributed by atoms with Crippen molar-refractivity contribution < 1.29 is 0 Å². The van der Waals surface area contributed by atoms with Crippen LogP contribution in [0.1, 0.15) is 117 Å². The molecule has 0 amide bonds. The normalized spacial score (nSPS) is 25.7. The molecule has 1 spiro atoms. The van der Waals surface area contributed by atoms with Gasteiger partial charge >= 0.3 is 0 Å². The van der Waals surface area contributed by atoms with E-state index >= 15 is 0 Å². The maximum absolute atomic E-state index is 2.73. The molecule has 4 bridgehead atoms. The fraction of sp³-hybridized carbons (Fsp3) is 0.311. The lowest BCUT2D eigenvalue weighted by atomic mass is 9.43. The van der Waals surface area contributed by atoms with Gasteiger partial charge in [0.05, 0.1) is 16.8 Å². The van der Waals surface area contributed by atoms with Gasteiger partial charge in [0.1, 0.15) is 0 Å². The molecule has 4 saturated carbocycles. The molecule has 0 radical (unpaired) electrons. The van der Waals surface area contributed by atoms with Gasteiger partial charge in [-0.3, -0.25) is 0 Å². The number of fused-ring (bicyclic) bond motifs is 7. The zero-order valence-electron chi connectivity index (χ0n) is 36.8. The van der Waals surface area contributed by atoms with Gasteiger partial charge in [0.15, 0.2) is 0 Å². The molecule has 0 unspecified atom stereocenters. The highest BCUT2D eigenvalue weighted by molar-refractivity contribution is 6.01. The molecule has 0 aromatic heterocycles. The average Bonchev–Trinajstić information content (AvgIpc) is 3.77. The van der Waals surface area contributed by atoms with Gasteiger partial charge in [0.2, 0.25) is 0 Å². The molecule has 14 rings (SSSR count). The van der Waals surface area contributed by atoms with Crippen molar-refractivity contribution in [2.24, 2.45) is 23.7 Å². The minimum atomic E-state index is -0.479. The summed E-state index contributed by atoms with van der Waals surface area (Å²) in [6.45, 7) is 9.87. The van der Waals surface area contributed by atoms with Gasteiger partial charge in [0, 0.05) is 22.2 Å². The van der Waals surface area contributed by atoms with Crippen LogP contribution in [0.25, 0.3) is 22.3 Å². The summed E-state index contributed by atoms with van der Waals surface area (Å²) < 4.78 is 0. The molecule has 0 N–H and O–H groups in total. The van der Waals surface area contributed by atoms with E-state index in [0.717, 1.165) is 11.8 Å². The first-order valence-corrected chi connectivity index (χ1v) is 23.7. The topological polar surface area (TPSA) is 3.24 Å². The molecular weight excluding hydrogens is 747 g/mol. The van der Waals surface area contributed by atoms with Crippen molar-refractivity contribution in [1.82, 2.24) is 0 Å². The molecule has 306 valence electrons. The van der Waals surface area contributed by atoms with E-state index in [4.69, 9.17) is 0 Å². The second-order valence-corrected chi connectivity index (χ2v) is 21.5. The molecule has 1 heteroatoms. The summed E-state index contributed by atoms with van der Waals surface area (Å²) in [4.78, 5) is 2.73. The van der Waals surface area contributed by atoms with Gasteiger partial charge in [-0.25, -0.2) is 0 Å². The summed E-state index contributed by atoms with van der Waals surface area (Å²) in [6.07, 6.45) is 9.38. The van der Waals surface area contributed by atoms with Gasteiger partial charge in [-0.05, 0) is 159 Å². The molecule has 0 saturated heterocycles. The third-order valence-electron chi connectivity index (χ3n) is 17.6. The summed E-state index contributed by atoms with van der Waals surface area (Å²) >= 11 is 0. The van der Waals surface area contributed by atoms with E-state index < -0.39 is 5.41 Å². The molecule has 7 aliphatic carbocycles. The highest BCUT2D eigenvalue weighted by atomic mass is 15.2. The van der Waals surface area contributed by atoms with Gasteiger partial charge in [-0.2, -0.15) is 0 Å². The smallest absolute Gasteiger partial charge is 0.0714 e. The van der Waals surface area contributed by atoms with Crippen LogP contribution in [0.3, 0.4) is 0 Å². The van der Waals surface area contributed by atoms with E-state index in [1.54, 1.807) is 11.1 Å². The minimum absolute atomic E-state index is 0.0726. The lowest BCUT2D eigenvalue weighted by Gasteiger charge is -2.61. The second kappa shape index (κ2) is 12.9. The summed E-state index contributed by atoms with van der Waals surface area (Å²) in [7, 11) is 0. The van der Waals surface area contributed by atoms with E-state index in [1.807, 2.05) is 0 Å². The van der Waals surface area contributed by atoms with Crippen LogP contribution >= 0.6 is 0 Å². The summed E-state index contributed by atoms with van der Waals surface area (Å²) in [6, 6.07) is 63.9. The van der Waals surface area contributed by atoms with Gasteiger partial charge < -0.3 is 4.90 Å². The number of hydrogen-bond donors (Lipinski definition) is 0. The van der Waals surface area contributed by atoms with Gasteiger partial charge in [-0.1, -0.05) is 167 Å². The number of hydrogen-bond acceptors (Lipinski definition) is 1. The Morgan fingerprint density at radius 3 is 1.50 bits per heavy atom. The lowest BCUT2D eigenvalue weighted by Crippen LogP contribution is -2.55. The predicted octanol–water partition coefficient (Wildman–Crippen LogP) is 15.6. The van der Waals surface area contributed by atoms with Crippen molar-refractivity contribution in [3.05, 3.63) is 208 Å². The number of nitrogens with zero attached hydrogens (tertiary/aromatic N) is 1. The Hall–Kier alpha value is -5.66. The first kappa shape index (κ1) is 36.9. The van der Waals surface area contributed by atoms with E-state index in [-0.39, 0.29) is 16.2 Å². The molecule has 0 heterocycles. The van der Waals surface area contributed by atoms with E-state index in [1.165, 1.54) is 118 Å². The number of rotatable bonds is 5. The molecule has 0 atom stereocenters. The van der Waals surface area contributed by atoms with E-state index in [2.05, 4.69) is 196 Å². The van der Waals surface area contributed by atoms with Crippen LogP contribution < -0.4 is 4.90 Å². The van der Waals surface area contributed by atoms with Crippen LogP contribution in [0.4, 0.5) is 17.1 Å². The fourth-order valence-corrected chi connectivity index (χ4v) is 15.2. The first-order chi connectivity index (χ1) is 30.2. The molecule has 1 nitrogen and oxygen atoms in total. The van der Waals surface area contributed by atoms with Crippen LogP contribution in [0, 0.1) is 23.7 Å². The Kier molecular flexibility index (Phi) is 7.72. The first-order valence-electron chi connectivity index (χ1n) is 23.7. The van der Waals surface area contributed by atoms with E-state index in [0.29, 0.717) is 11.8 Å². The van der Waals surface area contributed by atoms with Crippen molar-refractivity contribution in [3.63, 3.8) is 0 Å². The molecule has 0 aliphatic heterocycles. The van der Waals surface area contributed by atoms with E-state index in [9.17, 15) is 0 Å². The minimum Gasteiger partial charge on any atom is -0.309 e. The third kappa shape index (κ3) is 4.75. The largest absolute Gasteiger partial charge is 0.309 e. The predicted molar refractivity (Wildman–Crippen MR) is 257 cm³/mol. The zero-order chi connectivity index (χ0) is 41.6. The van der Waals surface area contributed by atoms with Crippen molar-refractivity contribution in [2.75, 3.05) is 4.90 Å². The van der Waals surface area contributed by atoms with Crippen LogP contribution in [0.2, 0.25) is 0 Å². The van der Waals surface area contributed by atoms with Gasteiger partial charge in [0.25, 0.3) is 0 Å². The van der Waals surface area contributed by atoms with Crippen molar-refractivity contribution in [2.45, 2.75) is 94.3 Å². The monoisotopic (exact) mass is 803 g/mol. The van der Waals surface area contributed by atoms with Crippen LogP contribution in [-0.2, 0) is 21.7 Å². The molecular formula is C61H57N. The lowest BCUT2D eigenvalue weighted by molar-refractivity contribution is -0.0399. The Balaban J connectivity index is 1.13. The standard InChI is InChI=1S/C61H57N/c1-58(2)31-32-59(3,4)53-38-45(29-30-50(53)58)62(55-28-16-26-52-57(55)47-22-12-14-24-49(47)61(52)43-34-39-33-40(36-43)37-44(61)35-39)54-27-15-25-51-56(54)46-21-11-13-23-48(46)60(51,41-17-7-5-8-18-41)42-19-9-6-10-20-42/h5-30,38-40,43-44H,31-37H2,1-4H3. The second-order valence-electron chi connectivity index (χ2n) is 21.5. The van der Waals surface area contributed by atoms with Gasteiger partial charge in [-0.15, -0.1) is 0 Å². The summed E-state index contributed by atoms with van der Waals surface area (Å²) in [5.41, 5.74) is 20.8.